The third-order valence-corrected chi connectivity index (χ3v) is 3.03. The van der Waals surface area contributed by atoms with Crippen molar-refractivity contribution in [3.63, 3.8) is 0 Å². The number of carboxylic acids is 1. The molecule has 2 rings (SSSR count). The van der Waals surface area contributed by atoms with E-state index in [0.717, 1.165) is 6.20 Å². The summed E-state index contributed by atoms with van der Waals surface area (Å²) in [6.45, 7) is 0. The number of para-hydroxylation sites is 1. The van der Waals surface area contributed by atoms with Gasteiger partial charge in [0.05, 0.1) is 16.9 Å². The fraction of sp³-hybridized carbons (Fsp3) is 0. The van der Waals surface area contributed by atoms with E-state index >= 15 is 0 Å². The molecule has 0 saturated carbocycles. The van der Waals surface area contributed by atoms with Crippen LogP contribution in [0.1, 0.15) is 10.4 Å². The van der Waals surface area contributed by atoms with Crippen molar-refractivity contribution in [2.24, 2.45) is 0 Å². The zero-order valence-corrected chi connectivity index (χ0v) is 11.1. The van der Waals surface area contributed by atoms with Crippen LogP contribution in [-0.2, 0) is 0 Å². The van der Waals surface area contributed by atoms with Gasteiger partial charge < -0.3 is 16.2 Å². The van der Waals surface area contributed by atoms with E-state index in [9.17, 15) is 9.18 Å². The SMILES string of the molecule is Nc1cc(C(=O)O)cnc1Nc1c(F)cccc1Br. The number of aromatic carboxylic acids is 1. The molecule has 0 bridgehead atoms. The van der Waals surface area contributed by atoms with Crippen molar-refractivity contribution in [1.82, 2.24) is 4.98 Å². The molecule has 1 aromatic carbocycles. The van der Waals surface area contributed by atoms with E-state index in [2.05, 4.69) is 26.2 Å². The van der Waals surface area contributed by atoms with Gasteiger partial charge in [-0.1, -0.05) is 6.07 Å². The molecular weight excluding hydrogens is 317 g/mol. The lowest BCUT2D eigenvalue weighted by molar-refractivity contribution is 0.0696. The molecule has 7 heteroatoms. The molecule has 98 valence electrons. The average molecular weight is 326 g/mol. The first-order valence-electron chi connectivity index (χ1n) is 5.19. The normalized spacial score (nSPS) is 10.2. The van der Waals surface area contributed by atoms with Crippen molar-refractivity contribution < 1.29 is 14.3 Å². The topological polar surface area (TPSA) is 88.2 Å². The third-order valence-electron chi connectivity index (χ3n) is 2.37. The molecule has 0 aliphatic carbocycles. The highest BCUT2D eigenvalue weighted by Crippen LogP contribution is 2.29. The number of pyridine rings is 1. The number of benzene rings is 1. The number of rotatable bonds is 3. The Kier molecular flexibility index (Phi) is 3.66. The molecule has 0 radical (unpaired) electrons. The van der Waals surface area contributed by atoms with E-state index in [4.69, 9.17) is 10.8 Å². The van der Waals surface area contributed by atoms with E-state index < -0.39 is 11.8 Å². The summed E-state index contributed by atoms with van der Waals surface area (Å²) in [5.41, 5.74) is 5.95. The molecule has 1 aromatic heterocycles. The number of anilines is 3. The van der Waals surface area contributed by atoms with E-state index in [1.807, 2.05) is 0 Å². The summed E-state index contributed by atoms with van der Waals surface area (Å²) in [6, 6.07) is 5.75. The maximum Gasteiger partial charge on any atom is 0.337 e. The molecule has 0 atom stereocenters. The summed E-state index contributed by atoms with van der Waals surface area (Å²) in [6.07, 6.45) is 1.15. The molecule has 4 N–H and O–H groups in total. The van der Waals surface area contributed by atoms with Crippen LogP contribution in [0, 0.1) is 5.82 Å². The Morgan fingerprint density at radius 1 is 1.47 bits per heavy atom. The van der Waals surface area contributed by atoms with Gasteiger partial charge in [0.2, 0.25) is 0 Å². The quantitative estimate of drug-likeness (QED) is 0.807. The molecule has 0 amide bonds. The summed E-state index contributed by atoms with van der Waals surface area (Å²) in [7, 11) is 0. The number of nitrogens with two attached hydrogens (primary N) is 1. The van der Waals surface area contributed by atoms with Gasteiger partial charge in [-0.3, -0.25) is 0 Å². The van der Waals surface area contributed by atoms with Gasteiger partial charge >= 0.3 is 5.97 Å². The minimum atomic E-state index is -1.13. The van der Waals surface area contributed by atoms with E-state index in [-0.39, 0.29) is 22.8 Å². The number of nitrogens with zero attached hydrogens (tertiary/aromatic N) is 1. The molecule has 2 aromatic rings. The Balaban J connectivity index is 2.36. The van der Waals surface area contributed by atoms with Crippen molar-refractivity contribution >= 4 is 39.1 Å². The molecule has 19 heavy (non-hydrogen) atoms. The van der Waals surface area contributed by atoms with Crippen molar-refractivity contribution in [2.45, 2.75) is 0 Å². The van der Waals surface area contributed by atoms with Crippen LogP contribution in [-0.4, -0.2) is 16.1 Å². The average Bonchev–Trinajstić information content (AvgIpc) is 2.35. The van der Waals surface area contributed by atoms with Gasteiger partial charge in [0.15, 0.2) is 5.82 Å². The zero-order valence-electron chi connectivity index (χ0n) is 9.52. The maximum absolute atomic E-state index is 13.6. The summed E-state index contributed by atoms with van der Waals surface area (Å²) >= 11 is 3.20. The monoisotopic (exact) mass is 325 g/mol. The molecule has 0 aliphatic rings. The van der Waals surface area contributed by atoms with Crippen LogP contribution >= 0.6 is 15.9 Å². The first-order valence-corrected chi connectivity index (χ1v) is 5.98. The van der Waals surface area contributed by atoms with Crippen LogP contribution in [0.3, 0.4) is 0 Å². The van der Waals surface area contributed by atoms with Crippen LogP contribution in [0.15, 0.2) is 34.9 Å². The number of halogens is 2. The number of nitrogens with one attached hydrogen (secondary N) is 1. The molecule has 5 nitrogen and oxygen atoms in total. The van der Waals surface area contributed by atoms with Crippen LogP contribution in [0.5, 0.6) is 0 Å². The highest BCUT2D eigenvalue weighted by molar-refractivity contribution is 9.10. The molecule has 0 unspecified atom stereocenters. The zero-order chi connectivity index (χ0) is 14.0. The van der Waals surface area contributed by atoms with Gasteiger partial charge in [0.1, 0.15) is 5.82 Å². The first kappa shape index (κ1) is 13.3. The fourth-order valence-corrected chi connectivity index (χ4v) is 1.88. The smallest absolute Gasteiger partial charge is 0.337 e. The number of carboxylic acid groups (broad SMARTS) is 1. The summed E-state index contributed by atoms with van der Waals surface area (Å²) < 4.78 is 14.1. The van der Waals surface area contributed by atoms with Gasteiger partial charge in [-0.05, 0) is 34.1 Å². The fourth-order valence-electron chi connectivity index (χ4n) is 1.44. The number of carbonyl (C=O) groups is 1. The lowest BCUT2D eigenvalue weighted by atomic mass is 10.2. The van der Waals surface area contributed by atoms with Crippen LogP contribution < -0.4 is 11.1 Å². The van der Waals surface area contributed by atoms with E-state index in [1.54, 1.807) is 12.1 Å². The molecule has 0 spiro atoms. The lowest BCUT2D eigenvalue weighted by Crippen LogP contribution is -2.05. The molecular formula is C12H9BrFN3O2. The maximum atomic E-state index is 13.6. The van der Waals surface area contributed by atoms with Crippen molar-refractivity contribution in [3.05, 3.63) is 46.3 Å². The first-order chi connectivity index (χ1) is 8.99. The highest BCUT2D eigenvalue weighted by atomic mass is 79.9. The second-order valence-corrected chi connectivity index (χ2v) is 4.54. The van der Waals surface area contributed by atoms with Gasteiger partial charge in [-0.15, -0.1) is 0 Å². The Morgan fingerprint density at radius 2 is 2.21 bits per heavy atom. The Labute approximate surface area is 116 Å². The minimum Gasteiger partial charge on any atom is -0.478 e. The lowest BCUT2D eigenvalue weighted by Gasteiger charge is -2.11. The Morgan fingerprint density at radius 3 is 2.79 bits per heavy atom. The van der Waals surface area contributed by atoms with Crippen LogP contribution in [0.4, 0.5) is 21.6 Å². The predicted octanol–water partition coefficient (Wildman–Crippen LogP) is 3.01. The molecule has 0 saturated heterocycles. The Hall–Kier alpha value is -2.15. The van der Waals surface area contributed by atoms with Crippen molar-refractivity contribution in [3.8, 4) is 0 Å². The van der Waals surface area contributed by atoms with E-state index in [1.165, 1.54) is 12.1 Å². The second-order valence-electron chi connectivity index (χ2n) is 3.69. The van der Waals surface area contributed by atoms with Gasteiger partial charge in [-0.2, -0.15) is 0 Å². The number of aromatic nitrogens is 1. The number of nitrogen functional groups attached to an aromatic ring is 1. The second kappa shape index (κ2) is 5.23. The third kappa shape index (κ3) is 2.82. The van der Waals surface area contributed by atoms with Gasteiger partial charge in [0, 0.05) is 10.7 Å². The molecule has 0 fully saturated rings. The van der Waals surface area contributed by atoms with Crippen LogP contribution in [0.25, 0.3) is 0 Å². The van der Waals surface area contributed by atoms with Crippen molar-refractivity contribution in [2.75, 3.05) is 11.1 Å². The van der Waals surface area contributed by atoms with E-state index in [0.29, 0.717) is 4.47 Å². The molecule has 1 heterocycles. The summed E-state index contributed by atoms with van der Waals surface area (Å²) in [4.78, 5) is 14.6. The molecule has 0 aliphatic heterocycles. The van der Waals surface area contributed by atoms with Gasteiger partial charge in [-0.25, -0.2) is 14.2 Å². The Bertz CT molecular complexity index is 629. The minimum absolute atomic E-state index is 0.0318. The largest absolute Gasteiger partial charge is 0.478 e. The van der Waals surface area contributed by atoms with Crippen LogP contribution in [0.2, 0.25) is 0 Å². The summed E-state index contributed by atoms with van der Waals surface area (Å²) in [5, 5.41) is 11.5. The van der Waals surface area contributed by atoms with Gasteiger partial charge in [0.25, 0.3) is 0 Å². The predicted molar refractivity (Wildman–Crippen MR) is 73.0 cm³/mol. The highest BCUT2D eigenvalue weighted by Gasteiger charge is 2.11. The number of hydrogen-bond acceptors (Lipinski definition) is 4. The summed E-state index contributed by atoms with van der Waals surface area (Å²) in [5.74, 6) is -1.41. The van der Waals surface area contributed by atoms with Crippen molar-refractivity contribution in [1.29, 1.82) is 0 Å². The number of hydrogen-bond donors (Lipinski definition) is 3. The standard InChI is InChI=1S/C12H9BrFN3O2/c13-7-2-1-3-8(14)10(7)17-11-9(15)4-6(5-16-11)12(18)19/h1-5H,15H2,(H,16,17)(H,18,19).